The van der Waals surface area contributed by atoms with Crippen molar-refractivity contribution in [1.29, 1.82) is 0 Å². The van der Waals surface area contributed by atoms with Crippen LogP contribution < -0.4 is 0 Å². The van der Waals surface area contributed by atoms with Crippen LogP contribution in [0.4, 0.5) is 0 Å². The molecule has 0 unspecified atom stereocenters. The first-order chi connectivity index (χ1) is 8.67. The van der Waals surface area contributed by atoms with E-state index in [-0.39, 0.29) is 5.97 Å². The number of esters is 1. The fourth-order valence-corrected chi connectivity index (χ4v) is 2.66. The van der Waals surface area contributed by atoms with Crippen LogP contribution in [0.1, 0.15) is 39.0 Å². The minimum absolute atomic E-state index is 0.0336. The molecular weight excluding hydrogens is 230 g/mol. The molecule has 0 aromatic carbocycles. The van der Waals surface area contributed by atoms with Crippen LogP contribution in [0.25, 0.3) is 0 Å². The monoisotopic (exact) mass is 257 g/mol. The van der Waals surface area contributed by atoms with E-state index < -0.39 is 0 Å². The number of carbonyl (C=O) groups excluding carboxylic acids is 1. The van der Waals surface area contributed by atoms with Gasteiger partial charge in [0.1, 0.15) is 0 Å². The lowest BCUT2D eigenvalue weighted by molar-refractivity contribution is -0.144. The summed E-state index contributed by atoms with van der Waals surface area (Å²) in [7, 11) is 3.90. The average Bonchev–Trinajstić information content (AvgIpc) is 2.37. The Balaban J connectivity index is 2.21. The Labute approximate surface area is 111 Å². The summed E-state index contributed by atoms with van der Waals surface area (Å²) in [5.74, 6) is 0.491. The fraction of sp³-hybridized carbons (Fsp3) is 0.929. The lowest BCUT2D eigenvalue weighted by Gasteiger charge is -2.34. The van der Waals surface area contributed by atoms with Crippen molar-refractivity contribution < 1.29 is 14.3 Å². The number of methoxy groups -OCH3 is 1. The first kappa shape index (κ1) is 15.4. The molecule has 106 valence electrons. The number of ether oxygens (including phenoxy) is 2. The summed E-state index contributed by atoms with van der Waals surface area (Å²) in [6, 6.07) is 0.651. The predicted molar refractivity (Wildman–Crippen MR) is 71.5 cm³/mol. The standard InChI is InChI=1S/C14H27NO3/c1-4-18-14(16)11-12-5-7-13(8-6-12)15(2)9-10-17-3/h12-13H,4-11H2,1-3H3. The third-order valence-corrected chi connectivity index (χ3v) is 3.85. The molecule has 18 heavy (non-hydrogen) atoms. The van der Waals surface area contributed by atoms with E-state index in [1.165, 1.54) is 12.8 Å². The van der Waals surface area contributed by atoms with Gasteiger partial charge in [0, 0.05) is 26.1 Å². The van der Waals surface area contributed by atoms with Crippen LogP contribution in [0.2, 0.25) is 0 Å². The number of hydrogen-bond donors (Lipinski definition) is 0. The molecule has 1 fully saturated rings. The van der Waals surface area contributed by atoms with Crippen LogP contribution in [0, 0.1) is 5.92 Å². The maximum Gasteiger partial charge on any atom is 0.306 e. The minimum Gasteiger partial charge on any atom is -0.466 e. The Morgan fingerprint density at radius 3 is 2.50 bits per heavy atom. The Bertz CT molecular complexity index is 237. The molecule has 0 aliphatic heterocycles. The van der Waals surface area contributed by atoms with E-state index in [2.05, 4.69) is 11.9 Å². The van der Waals surface area contributed by atoms with Crippen LogP contribution in [-0.2, 0) is 14.3 Å². The highest BCUT2D eigenvalue weighted by atomic mass is 16.5. The van der Waals surface area contributed by atoms with E-state index in [0.29, 0.717) is 25.0 Å². The summed E-state index contributed by atoms with van der Waals surface area (Å²) in [6.07, 6.45) is 5.25. The SMILES string of the molecule is CCOC(=O)CC1CCC(N(C)CCOC)CC1. The van der Waals surface area contributed by atoms with Gasteiger partial charge in [0.15, 0.2) is 0 Å². The lowest BCUT2D eigenvalue weighted by Crippen LogP contribution is -2.37. The maximum absolute atomic E-state index is 11.4. The molecule has 0 bridgehead atoms. The summed E-state index contributed by atoms with van der Waals surface area (Å²) in [6.45, 7) is 4.14. The van der Waals surface area contributed by atoms with Crippen molar-refractivity contribution in [2.24, 2.45) is 5.92 Å². The third-order valence-electron chi connectivity index (χ3n) is 3.85. The lowest BCUT2D eigenvalue weighted by atomic mass is 9.83. The highest BCUT2D eigenvalue weighted by molar-refractivity contribution is 5.69. The predicted octanol–water partition coefficient (Wildman–Crippen LogP) is 2.08. The van der Waals surface area contributed by atoms with E-state index in [0.717, 1.165) is 26.0 Å². The molecule has 0 heterocycles. The maximum atomic E-state index is 11.4. The molecule has 0 saturated heterocycles. The summed E-state index contributed by atoms with van der Waals surface area (Å²) in [5, 5.41) is 0. The second kappa shape index (κ2) is 8.48. The van der Waals surface area contributed by atoms with Gasteiger partial charge in [-0.3, -0.25) is 4.79 Å². The van der Waals surface area contributed by atoms with Gasteiger partial charge in [-0.25, -0.2) is 0 Å². The zero-order chi connectivity index (χ0) is 13.4. The second-order valence-corrected chi connectivity index (χ2v) is 5.16. The van der Waals surface area contributed by atoms with Crippen LogP contribution in [0.15, 0.2) is 0 Å². The summed E-state index contributed by atoms with van der Waals surface area (Å²) in [4.78, 5) is 13.8. The normalized spacial score (nSPS) is 24.2. The number of carbonyl (C=O) groups is 1. The highest BCUT2D eigenvalue weighted by Gasteiger charge is 2.25. The molecule has 1 aliphatic carbocycles. The molecule has 1 aliphatic rings. The van der Waals surface area contributed by atoms with Crippen LogP contribution in [0.5, 0.6) is 0 Å². The molecule has 0 N–H and O–H groups in total. The van der Waals surface area contributed by atoms with Crippen molar-refractivity contribution in [3.63, 3.8) is 0 Å². The van der Waals surface area contributed by atoms with E-state index in [9.17, 15) is 4.79 Å². The molecule has 0 atom stereocenters. The first-order valence-electron chi connectivity index (χ1n) is 7.02. The molecule has 4 nitrogen and oxygen atoms in total. The topological polar surface area (TPSA) is 38.8 Å². The van der Waals surface area contributed by atoms with Gasteiger partial charge in [-0.1, -0.05) is 0 Å². The Morgan fingerprint density at radius 1 is 1.28 bits per heavy atom. The van der Waals surface area contributed by atoms with Crippen molar-refractivity contribution in [1.82, 2.24) is 4.90 Å². The van der Waals surface area contributed by atoms with E-state index in [1.54, 1.807) is 7.11 Å². The van der Waals surface area contributed by atoms with Crippen molar-refractivity contribution >= 4 is 5.97 Å². The zero-order valence-corrected chi connectivity index (χ0v) is 12.0. The molecule has 0 amide bonds. The van der Waals surface area contributed by atoms with Gasteiger partial charge in [0.2, 0.25) is 0 Å². The zero-order valence-electron chi connectivity index (χ0n) is 12.0. The minimum atomic E-state index is -0.0336. The summed E-state index contributed by atoms with van der Waals surface area (Å²) in [5.41, 5.74) is 0. The quantitative estimate of drug-likeness (QED) is 0.655. The van der Waals surface area contributed by atoms with Crippen molar-refractivity contribution in [3.8, 4) is 0 Å². The molecule has 1 rings (SSSR count). The van der Waals surface area contributed by atoms with Crippen molar-refractivity contribution in [2.75, 3.05) is 33.9 Å². The molecule has 1 saturated carbocycles. The number of rotatable bonds is 7. The van der Waals surface area contributed by atoms with Crippen LogP contribution in [0.3, 0.4) is 0 Å². The molecular formula is C14H27NO3. The molecule has 0 spiro atoms. The largest absolute Gasteiger partial charge is 0.466 e. The fourth-order valence-electron chi connectivity index (χ4n) is 2.66. The van der Waals surface area contributed by atoms with Crippen molar-refractivity contribution in [3.05, 3.63) is 0 Å². The van der Waals surface area contributed by atoms with Gasteiger partial charge < -0.3 is 14.4 Å². The average molecular weight is 257 g/mol. The van der Waals surface area contributed by atoms with E-state index in [4.69, 9.17) is 9.47 Å². The Kier molecular flexibility index (Phi) is 7.28. The van der Waals surface area contributed by atoms with Crippen LogP contribution >= 0.6 is 0 Å². The van der Waals surface area contributed by atoms with E-state index >= 15 is 0 Å². The highest BCUT2D eigenvalue weighted by Crippen LogP contribution is 2.29. The smallest absolute Gasteiger partial charge is 0.306 e. The van der Waals surface area contributed by atoms with Gasteiger partial charge in [-0.05, 0) is 45.6 Å². The summed E-state index contributed by atoms with van der Waals surface area (Å²) < 4.78 is 10.1. The van der Waals surface area contributed by atoms with Crippen LogP contribution in [-0.4, -0.2) is 50.8 Å². The molecule has 0 aromatic rings. The van der Waals surface area contributed by atoms with Gasteiger partial charge >= 0.3 is 5.97 Å². The number of hydrogen-bond acceptors (Lipinski definition) is 4. The third kappa shape index (κ3) is 5.36. The first-order valence-corrected chi connectivity index (χ1v) is 7.02. The number of likely N-dealkylation sites (N-methyl/N-ethyl adjacent to an activating group) is 1. The van der Waals surface area contributed by atoms with Gasteiger partial charge in [0.05, 0.1) is 13.2 Å². The Hall–Kier alpha value is -0.610. The summed E-state index contributed by atoms with van der Waals surface area (Å²) >= 11 is 0. The van der Waals surface area contributed by atoms with Gasteiger partial charge in [-0.2, -0.15) is 0 Å². The molecule has 0 radical (unpaired) electrons. The number of nitrogens with zero attached hydrogens (tertiary/aromatic N) is 1. The molecule has 4 heteroatoms. The van der Waals surface area contributed by atoms with E-state index in [1.807, 2.05) is 6.92 Å². The van der Waals surface area contributed by atoms with Gasteiger partial charge in [-0.15, -0.1) is 0 Å². The molecule has 0 aromatic heterocycles. The Morgan fingerprint density at radius 2 is 1.94 bits per heavy atom. The second-order valence-electron chi connectivity index (χ2n) is 5.16. The van der Waals surface area contributed by atoms with Gasteiger partial charge in [0.25, 0.3) is 0 Å². The van der Waals surface area contributed by atoms with Crippen molar-refractivity contribution in [2.45, 2.75) is 45.1 Å².